The zero-order valence-electron chi connectivity index (χ0n) is 15.0. The summed E-state index contributed by atoms with van der Waals surface area (Å²) >= 11 is 6.03. The first-order valence-corrected chi connectivity index (χ1v) is 8.74. The summed E-state index contributed by atoms with van der Waals surface area (Å²) in [5.41, 5.74) is 0.994. The van der Waals surface area contributed by atoms with Crippen molar-refractivity contribution in [3.8, 4) is 5.75 Å². The third kappa shape index (κ3) is 5.77. The molecule has 1 N–H and O–H groups in total. The molecule has 138 valence electrons. The molecule has 0 saturated heterocycles. The fraction of sp³-hybridized carbons (Fsp3) is 0.300. The highest BCUT2D eigenvalue weighted by molar-refractivity contribution is 6.33. The van der Waals surface area contributed by atoms with Crippen LogP contribution in [0.5, 0.6) is 5.75 Å². The average molecular weight is 376 g/mol. The molecule has 1 amide bonds. The molecule has 0 aromatic heterocycles. The molecule has 0 heterocycles. The minimum absolute atomic E-state index is 0.266. The van der Waals surface area contributed by atoms with Gasteiger partial charge >= 0.3 is 5.97 Å². The molecule has 1 atom stereocenters. The maximum absolute atomic E-state index is 12.3. The number of anilines is 1. The van der Waals surface area contributed by atoms with Crippen molar-refractivity contribution in [3.63, 3.8) is 0 Å². The second-order valence-electron chi connectivity index (χ2n) is 6.24. The number of carbonyl (C=O) groups is 2. The monoisotopic (exact) mass is 375 g/mol. The van der Waals surface area contributed by atoms with Crippen LogP contribution in [0.4, 0.5) is 5.69 Å². The van der Waals surface area contributed by atoms with Crippen LogP contribution in [0.3, 0.4) is 0 Å². The van der Waals surface area contributed by atoms with Gasteiger partial charge in [0.1, 0.15) is 5.75 Å². The van der Waals surface area contributed by atoms with Gasteiger partial charge in [-0.1, -0.05) is 37.6 Å². The van der Waals surface area contributed by atoms with E-state index in [1.165, 1.54) is 0 Å². The first-order valence-electron chi connectivity index (χ1n) is 8.36. The molecule has 2 aromatic rings. The number of amides is 1. The van der Waals surface area contributed by atoms with E-state index in [0.717, 1.165) is 0 Å². The fourth-order valence-electron chi connectivity index (χ4n) is 2.06. The molecule has 0 fully saturated rings. The molecule has 0 bridgehead atoms. The van der Waals surface area contributed by atoms with E-state index < -0.39 is 12.1 Å². The molecular formula is C20H22ClNO4. The van der Waals surface area contributed by atoms with Gasteiger partial charge in [0.05, 0.1) is 17.3 Å². The smallest absolute Gasteiger partial charge is 0.347 e. The van der Waals surface area contributed by atoms with Gasteiger partial charge in [-0.3, -0.25) is 4.79 Å². The molecule has 0 radical (unpaired) electrons. The van der Waals surface area contributed by atoms with Crippen LogP contribution >= 0.6 is 11.6 Å². The zero-order valence-corrected chi connectivity index (χ0v) is 15.7. The predicted molar refractivity (Wildman–Crippen MR) is 102 cm³/mol. The fourth-order valence-corrected chi connectivity index (χ4v) is 2.24. The molecule has 0 aliphatic carbocycles. The van der Waals surface area contributed by atoms with E-state index in [0.29, 0.717) is 28.6 Å². The molecule has 0 aliphatic rings. The van der Waals surface area contributed by atoms with Crippen molar-refractivity contribution >= 4 is 29.2 Å². The van der Waals surface area contributed by atoms with Crippen LogP contribution in [-0.2, 0) is 9.53 Å². The Balaban J connectivity index is 1.94. The summed E-state index contributed by atoms with van der Waals surface area (Å²) in [6.07, 6.45) is -0.725. The Bertz CT molecular complexity index is 759. The second-order valence-corrected chi connectivity index (χ2v) is 6.65. The average Bonchev–Trinajstić information content (AvgIpc) is 2.62. The molecule has 5 nitrogen and oxygen atoms in total. The molecule has 0 spiro atoms. The number of para-hydroxylation sites is 1. The molecule has 0 aliphatic heterocycles. The van der Waals surface area contributed by atoms with Crippen molar-refractivity contribution in [2.24, 2.45) is 5.92 Å². The van der Waals surface area contributed by atoms with Gasteiger partial charge in [-0.2, -0.15) is 0 Å². The van der Waals surface area contributed by atoms with Crippen molar-refractivity contribution in [1.82, 2.24) is 0 Å². The van der Waals surface area contributed by atoms with Crippen molar-refractivity contribution in [3.05, 3.63) is 59.1 Å². The van der Waals surface area contributed by atoms with E-state index in [-0.39, 0.29) is 11.8 Å². The van der Waals surface area contributed by atoms with Gasteiger partial charge in [-0.25, -0.2) is 4.79 Å². The Morgan fingerprint density at radius 1 is 1.04 bits per heavy atom. The summed E-state index contributed by atoms with van der Waals surface area (Å²) in [4.78, 5) is 24.1. The highest BCUT2D eigenvalue weighted by Gasteiger charge is 2.17. The lowest BCUT2D eigenvalue weighted by molar-refractivity contribution is -0.152. The largest absolute Gasteiger partial charge is 0.479 e. The highest BCUT2D eigenvalue weighted by atomic mass is 35.5. The standard InChI is InChI=1S/C20H22ClNO4/c1-13(2)12-25-20(24)14(3)26-16-10-8-15(9-11-16)19(23)22-18-7-5-4-6-17(18)21/h4-11,13-14H,12H2,1-3H3,(H,22,23)/t14-/m0/s1. The number of ether oxygens (including phenoxy) is 2. The molecule has 6 heteroatoms. The van der Waals surface area contributed by atoms with Crippen LogP contribution in [0.15, 0.2) is 48.5 Å². The number of hydrogen-bond acceptors (Lipinski definition) is 4. The van der Waals surface area contributed by atoms with Crippen molar-refractivity contribution in [2.45, 2.75) is 26.9 Å². The van der Waals surface area contributed by atoms with Gasteiger partial charge in [0.2, 0.25) is 0 Å². The third-order valence-electron chi connectivity index (χ3n) is 3.44. The summed E-state index contributed by atoms with van der Waals surface area (Å²) < 4.78 is 10.7. The highest BCUT2D eigenvalue weighted by Crippen LogP contribution is 2.22. The molecule has 2 aromatic carbocycles. The lowest BCUT2D eigenvalue weighted by Crippen LogP contribution is -2.27. The van der Waals surface area contributed by atoms with E-state index in [2.05, 4.69) is 5.32 Å². The number of nitrogens with one attached hydrogen (secondary N) is 1. The zero-order chi connectivity index (χ0) is 19.1. The number of rotatable bonds is 7. The van der Waals surface area contributed by atoms with Crippen LogP contribution in [-0.4, -0.2) is 24.6 Å². The normalized spacial score (nSPS) is 11.7. The van der Waals surface area contributed by atoms with E-state index in [1.54, 1.807) is 55.5 Å². The van der Waals surface area contributed by atoms with Crippen molar-refractivity contribution in [2.75, 3.05) is 11.9 Å². The first-order chi connectivity index (χ1) is 12.4. The molecular weight excluding hydrogens is 354 g/mol. The summed E-state index contributed by atoms with van der Waals surface area (Å²) in [6, 6.07) is 13.5. The lowest BCUT2D eigenvalue weighted by Gasteiger charge is -2.15. The number of hydrogen-bond donors (Lipinski definition) is 1. The predicted octanol–water partition coefficient (Wildman–Crippen LogP) is 4.56. The van der Waals surface area contributed by atoms with Crippen LogP contribution < -0.4 is 10.1 Å². The lowest BCUT2D eigenvalue weighted by atomic mass is 10.2. The van der Waals surface area contributed by atoms with Crippen LogP contribution in [0.1, 0.15) is 31.1 Å². The van der Waals surface area contributed by atoms with E-state index >= 15 is 0 Å². The van der Waals surface area contributed by atoms with E-state index in [9.17, 15) is 9.59 Å². The van der Waals surface area contributed by atoms with Crippen molar-refractivity contribution < 1.29 is 19.1 Å². The van der Waals surface area contributed by atoms with Gasteiger partial charge in [0, 0.05) is 5.56 Å². The SMILES string of the molecule is CC(C)COC(=O)[C@H](C)Oc1ccc(C(=O)Nc2ccccc2Cl)cc1. The minimum Gasteiger partial charge on any atom is -0.479 e. The Hall–Kier alpha value is -2.53. The van der Waals surface area contributed by atoms with E-state index in [1.807, 2.05) is 13.8 Å². The maximum atomic E-state index is 12.3. The van der Waals surface area contributed by atoms with Gasteiger partial charge in [0.15, 0.2) is 6.10 Å². The second kappa shape index (κ2) is 9.25. The number of carbonyl (C=O) groups excluding carboxylic acids is 2. The van der Waals surface area contributed by atoms with Gasteiger partial charge in [-0.05, 0) is 49.2 Å². The van der Waals surface area contributed by atoms with Crippen molar-refractivity contribution in [1.29, 1.82) is 0 Å². The molecule has 26 heavy (non-hydrogen) atoms. The van der Waals surface area contributed by atoms with Crippen LogP contribution in [0, 0.1) is 5.92 Å². The topological polar surface area (TPSA) is 64.6 Å². The van der Waals surface area contributed by atoms with Crippen LogP contribution in [0.2, 0.25) is 5.02 Å². The summed E-state index contributed by atoms with van der Waals surface area (Å²) in [5, 5.41) is 3.21. The van der Waals surface area contributed by atoms with Gasteiger partial charge in [-0.15, -0.1) is 0 Å². The Labute approximate surface area is 158 Å². The quantitative estimate of drug-likeness (QED) is 0.720. The Morgan fingerprint density at radius 3 is 2.31 bits per heavy atom. The van der Waals surface area contributed by atoms with Gasteiger partial charge < -0.3 is 14.8 Å². The third-order valence-corrected chi connectivity index (χ3v) is 3.77. The number of halogens is 1. The molecule has 0 saturated carbocycles. The molecule has 0 unspecified atom stereocenters. The Kier molecular flexibility index (Phi) is 7.04. The summed E-state index contributed by atoms with van der Waals surface area (Å²) in [5.74, 6) is 0.0450. The Morgan fingerprint density at radius 2 is 1.69 bits per heavy atom. The summed E-state index contributed by atoms with van der Waals surface area (Å²) in [6.45, 7) is 5.91. The van der Waals surface area contributed by atoms with E-state index in [4.69, 9.17) is 21.1 Å². The summed E-state index contributed by atoms with van der Waals surface area (Å²) in [7, 11) is 0. The maximum Gasteiger partial charge on any atom is 0.347 e. The van der Waals surface area contributed by atoms with Gasteiger partial charge in [0.25, 0.3) is 5.91 Å². The number of benzene rings is 2. The molecule has 2 rings (SSSR count). The number of esters is 1. The van der Waals surface area contributed by atoms with Crippen LogP contribution in [0.25, 0.3) is 0 Å². The first kappa shape index (κ1) is 19.8. The minimum atomic E-state index is -0.725.